The van der Waals surface area contributed by atoms with Crippen molar-refractivity contribution in [1.29, 1.82) is 0 Å². The highest BCUT2D eigenvalue weighted by Crippen LogP contribution is 2.21. The van der Waals surface area contributed by atoms with E-state index in [2.05, 4.69) is 20.2 Å². The van der Waals surface area contributed by atoms with Crippen LogP contribution in [0, 0.1) is 12.7 Å². The van der Waals surface area contributed by atoms with Gasteiger partial charge < -0.3 is 5.32 Å². The zero-order valence-corrected chi connectivity index (χ0v) is 15.5. The molecule has 0 saturated carbocycles. The van der Waals surface area contributed by atoms with Gasteiger partial charge in [-0.15, -0.1) is 0 Å². The minimum Gasteiger partial charge on any atom is -0.322 e. The average molecular weight is 409 g/mol. The molecule has 1 heterocycles. The minimum atomic E-state index is -4.10. The molecule has 0 fully saturated rings. The summed E-state index contributed by atoms with van der Waals surface area (Å²) in [6.07, 6.45) is 1.10. The van der Waals surface area contributed by atoms with Gasteiger partial charge >= 0.3 is 0 Å². The van der Waals surface area contributed by atoms with E-state index in [1.807, 2.05) is 0 Å². The van der Waals surface area contributed by atoms with Gasteiger partial charge in [0.05, 0.1) is 11.8 Å². The van der Waals surface area contributed by atoms with Gasteiger partial charge in [-0.05, 0) is 55.0 Å². The summed E-state index contributed by atoms with van der Waals surface area (Å²) in [5.74, 6) is -1.11. The van der Waals surface area contributed by atoms with E-state index in [0.717, 1.165) is 6.20 Å². The number of hydrogen-bond donors (Lipinski definition) is 3. The Bertz CT molecular complexity index is 1100. The molecule has 0 unspecified atom stereocenters. The van der Waals surface area contributed by atoms with Gasteiger partial charge in [-0.1, -0.05) is 11.6 Å². The van der Waals surface area contributed by atoms with Gasteiger partial charge in [0.25, 0.3) is 15.9 Å². The van der Waals surface area contributed by atoms with Crippen molar-refractivity contribution in [2.45, 2.75) is 11.9 Å². The number of nitrogens with one attached hydrogen (secondary N) is 3. The third-order valence-electron chi connectivity index (χ3n) is 3.63. The summed E-state index contributed by atoms with van der Waals surface area (Å²) in [5.41, 5.74) is 0.763. The monoisotopic (exact) mass is 408 g/mol. The molecule has 0 spiro atoms. The van der Waals surface area contributed by atoms with E-state index in [1.165, 1.54) is 42.5 Å². The molecule has 0 aliphatic carbocycles. The van der Waals surface area contributed by atoms with Crippen LogP contribution in [-0.2, 0) is 10.0 Å². The number of sulfonamides is 1. The molecule has 10 heteroatoms. The molecular weight excluding hydrogens is 395 g/mol. The molecule has 7 nitrogen and oxygen atoms in total. The number of nitrogens with zero attached hydrogens (tertiary/aromatic N) is 1. The van der Waals surface area contributed by atoms with Crippen LogP contribution in [0.1, 0.15) is 15.9 Å². The Balaban J connectivity index is 1.84. The number of halogens is 2. The number of hydrogen-bond acceptors (Lipinski definition) is 4. The van der Waals surface area contributed by atoms with Gasteiger partial charge in [-0.3, -0.25) is 14.6 Å². The molecule has 0 aliphatic rings. The lowest BCUT2D eigenvalue weighted by Gasteiger charge is -2.09. The predicted octanol–water partition coefficient (Wildman–Crippen LogP) is 3.56. The molecule has 0 radical (unpaired) electrons. The number of anilines is 2. The summed E-state index contributed by atoms with van der Waals surface area (Å²) in [7, 11) is -4.10. The van der Waals surface area contributed by atoms with Crippen LogP contribution in [0.5, 0.6) is 0 Å². The standard InChI is InChI=1S/C17H14ClFN4O3S/c1-10-8-13(6-7-15(10)19)21-16(24)14-9-20-22-17(14)27(25,26)23-12-4-2-11(18)3-5-12/h2-9,23H,1H3,(H,20,22)(H,21,24). The van der Waals surface area contributed by atoms with Gasteiger partial charge in [-0.25, -0.2) is 4.39 Å². The Morgan fingerprint density at radius 3 is 2.48 bits per heavy atom. The fraction of sp³-hybridized carbons (Fsp3) is 0.0588. The SMILES string of the molecule is Cc1cc(NC(=O)c2cn[nH]c2S(=O)(=O)Nc2ccc(Cl)cc2)ccc1F. The number of H-pyrrole nitrogens is 1. The maximum absolute atomic E-state index is 13.3. The number of amides is 1. The van der Waals surface area contributed by atoms with Gasteiger partial charge in [0.2, 0.25) is 0 Å². The quantitative estimate of drug-likeness (QED) is 0.600. The highest BCUT2D eigenvalue weighted by molar-refractivity contribution is 7.92. The molecule has 0 atom stereocenters. The normalized spacial score (nSPS) is 11.2. The van der Waals surface area contributed by atoms with Gasteiger partial charge in [0, 0.05) is 16.4 Å². The Morgan fingerprint density at radius 1 is 1.15 bits per heavy atom. The van der Waals surface area contributed by atoms with E-state index in [-0.39, 0.29) is 11.3 Å². The van der Waals surface area contributed by atoms with Crippen LogP contribution in [0.15, 0.2) is 53.7 Å². The zero-order valence-electron chi connectivity index (χ0n) is 14.0. The number of aryl methyl sites for hydroxylation is 1. The zero-order chi connectivity index (χ0) is 19.6. The third-order valence-corrected chi connectivity index (χ3v) is 5.24. The highest BCUT2D eigenvalue weighted by Gasteiger charge is 2.25. The Morgan fingerprint density at radius 2 is 1.81 bits per heavy atom. The summed E-state index contributed by atoms with van der Waals surface area (Å²) in [5, 5.41) is 8.55. The van der Waals surface area contributed by atoms with Gasteiger partial charge in [-0.2, -0.15) is 13.5 Å². The summed E-state index contributed by atoms with van der Waals surface area (Å²) in [6, 6.07) is 10.0. The van der Waals surface area contributed by atoms with Crippen LogP contribution >= 0.6 is 11.6 Å². The van der Waals surface area contributed by atoms with Crippen LogP contribution < -0.4 is 10.0 Å². The van der Waals surface area contributed by atoms with E-state index in [0.29, 0.717) is 16.3 Å². The second kappa shape index (κ2) is 7.37. The first-order valence-electron chi connectivity index (χ1n) is 7.65. The third kappa shape index (κ3) is 4.26. The summed E-state index contributed by atoms with van der Waals surface area (Å²) in [4.78, 5) is 12.5. The molecule has 0 saturated heterocycles. The molecule has 140 valence electrons. The second-order valence-electron chi connectivity index (χ2n) is 5.64. The summed E-state index contributed by atoms with van der Waals surface area (Å²) in [6.45, 7) is 1.55. The number of carbonyl (C=O) groups excluding carboxylic acids is 1. The smallest absolute Gasteiger partial charge is 0.279 e. The van der Waals surface area contributed by atoms with Crippen molar-refractivity contribution in [2.75, 3.05) is 10.0 Å². The van der Waals surface area contributed by atoms with Gasteiger partial charge in [0.1, 0.15) is 5.82 Å². The van der Waals surface area contributed by atoms with E-state index >= 15 is 0 Å². The maximum atomic E-state index is 13.3. The van der Waals surface area contributed by atoms with E-state index < -0.39 is 26.8 Å². The Kier molecular flexibility index (Phi) is 5.15. The Hall–Kier alpha value is -2.91. The van der Waals surface area contributed by atoms with Crippen molar-refractivity contribution in [3.8, 4) is 0 Å². The van der Waals surface area contributed by atoms with Crippen molar-refractivity contribution < 1.29 is 17.6 Å². The molecule has 3 rings (SSSR count). The van der Waals surface area contributed by atoms with Crippen molar-refractivity contribution in [2.24, 2.45) is 0 Å². The lowest BCUT2D eigenvalue weighted by atomic mass is 10.2. The Labute approximate surface area is 159 Å². The van der Waals surface area contributed by atoms with Crippen LogP contribution in [0.3, 0.4) is 0 Å². The largest absolute Gasteiger partial charge is 0.322 e. The maximum Gasteiger partial charge on any atom is 0.279 e. The molecule has 3 aromatic rings. The molecule has 27 heavy (non-hydrogen) atoms. The van der Waals surface area contributed by atoms with Crippen molar-refractivity contribution >= 4 is 38.9 Å². The number of aromatic nitrogens is 2. The minimum absolute atomic E-state index is 0.182. The summed E-state index contributed by atoms with van der Waals surface area (Å²) >= 11 is 5.78. The summed E-state index contributed by atoms with van der Waals surface area (Å²) < 4.78 is 40.8. The van der Waals surface area contributed by atoms with E-state index in [9.17, 15) is 17.6 Å². The lowest BCUT2D eigenvalue weighted by molar-refractivity contribution is 0.102. The van der Waals surface area contributed by atoms with Crippen molar-refractivity contribution in [3.05, 3.63) is 70.6 Å². The average Bonchev–Trinajstić information content (AvgIpc) is 3.11. The number of aromatic amines is 1. The highest BCUT2D eigenvalue weighted by atomic mass is 35.5. The van der Waals surface area contributed by atoms with Crippen LogP contribution in [0.25, 0.3) is 0 Å². The van der Waals surface area contributed by atoms with Crippen molar-refractivity contribution in [3.63, 3.8) is 0 Å². The predicted molar refractivity (Wildman–Crippen MR) is 99.9 cm³/mol. The number of benzene rings is 2. The van der Waals surface area contributed by atoms with Crippen LogP contribution in [0.2, 0.25) is 5.02 Å². The van der Waals surface area contributed by atoms with Gasteiger partial charge in [0.15, 0.2) is 5.03 Å². The first-order valence-corrected chi connectivity index (χ1v) is 9.51. The topological polar surface area (TPSA) is 104 Å². The first kappa shape index (κ1) is 18.9. The fourth-order valence-electron chi connectivity index (χ4n) is 2.29. The van der Waals surface area contributed by atoms with E-state index in [4.69, 9.17) is 11.6 Å². The molecule has 0 bridgehead atoms. The molecule has 2 aromatic carbocycles. The van der Waals surface area contributed by atoms with Crippen LogP contribution in [0.4, 0.5) is 15.8 Å². The molecule has 3 N–H and O–H groups in total. The van der Waals surface area contributed by atoms with Crippen molar-refractivity contribution in [1.82, 2.24) is 10.2 Å². The van der Waals surface area contributed by atoms with E-state index in [1.54, 1.807) is 6.92 Å². The molecule has 0 aliphatic heterocycles. The molecule has 1 aromatic heterocycles. The molecule has 1 amide bonds. The second-order valence-corrected chi connectivity index (χ2v) is 7.70. The molecular formula is C17H14ClFN4O3S. The fourth-order valence-corrected chi connectivity index (χ4v) is 3.57. The number of carbonyl (C=O) groups is 1. The van der Waals surface area contributed by atoms with Crippen LogP contribution in [-0.4, -0.2) is 24.5 Å². The first-order chi connectivity index (χ1) is 12.8. The lowest BCUT2D eigenvalue weighted by Crippen LogP contribution is -2.19. The number of rotatable bonds is 5.